The first kappa shape index (κ1) is 34.7. The Morgan fingerprint density at radius 2 is 1.00 bits per heavy atom. The zero-order valence-electron chi connectivity index (χ0n) is 33.7. The van der Waals surface area contributed by atoms with E-state index in [9.17, 15) is 0 Å². The molecule has 0 radical (unpaired) electrons. The fraction of sp³-hybridized carbons (Fsp3) is 0.0169. The van der Waals surface area contributed by atoms with Crippen molar-refractivity contribution in [3.8, 4) is 39.4 Å². The standard InChI is InChI=1S/C59H38N2O/c1-3-17-40(18-4-1)45-26-16-32-57-58(45)59(51-28-12-14-31-56(51)62-57)50-27-11-9-24-46(50)47-35-33-42(37-52(47)59)60(53-30-15-20-39-19-7-8-23-44(39)53)43-34-36-49-48-25-10-13-29-54(48)61(55(49)38-43)41-21-5-2-6-22-41/h1-38H. The van der Waals surface area contributed by atoms with Crippen molar-refractivity contribution in [3.63, 3.8) is 0 Å². The van der Waals surface area contributed by atoms with E-state index in [1.165, 1.54) is 54.9 Å². The largest absolute Gasteiger partial charge is 0.457 e. The van der Waals surface area contributed by atoms with E-state index in [4.69, 9.17) is 4.74 Å². The lowest BCUT2D eigenvalue weighted by atomic mass is 9.64. The molecule has 3 heteroatoms. The van der Waals surface area contributed by atoms with Gasteiger partial charge in [-0.3, -0.25) is 0 Å². The molecule has 1 aliphatic carbocycles. The minimum Gasteiger partial charge on any atom is -0.457 e. The van der Waals surface area contributed by atoms with Crippen molar-refractivity contribution >= 4 is 49.6 Å². The van der Waals surface area contributed by atoms with Crippen LogP contribution in [0.4, 0.5) is 17.1 Å². The molecule has 1 spiro atoms. The topological polar surface area (TPSA) is 17.4 Å². The van der Waals surface area contributed by atoms with Gasteiger partial charge in [0, 0.05) is 44.3 Å². The van der Waals surface area contributed by atoms with Gasteiger partial charge in [-0.05, 0) is 99.4 Å². The number of anilines is 3. The van der Waals surface area contributed by atoms with E-state index >= 15 is 0 Å². The molecule has 2 aliphatic rings. The van der Waals surface area contributed by atoms with Crippen LogP contribution in [0.5, 0.6) is 11.5 Å². The van der Waals surface area contributed by atoms with Crippen molar-refractivity contribution < 1.29 is 4.74 Å². The van der Waals surface area contributed by atoms with Crippen molar-refractivity contribution in [2.75, 3.05) is 4.90 Å². The highest BCUT2D eigenvalue weighted by atomic mass is 16.5. The van der Waals surface area contributed by atoms with Crippen molar-refractivity contribution in [1.82, 2.24) is 4.57 Å². The van der Waals surface area contributed by atoms with Gasteiger partial charge in [-0.1, -0.05) is 170 Å². The second kappa shape index (κ2) is 13.4. The lowest BCUT2D eigenvalue weighted by Gasteiger charge is -2.41. The molecule has 1 aromatic heterocycles. The summed E-state index contributed by atoms with van der Waals surface area (Å²) in [7, 11) is 0. The van der Waals surface area contributed by atoms with E-state index in [0.717, 1.165) is 56.5 Å². The van der Waals surface area contributed by atoms with Gasteiger partial charge in [0.2, 0.25) is 0 Å². The fourth-order valence-corrected chi connectivity index (χ4v) is 10.7. The number of benzene rings is 10. The molecule has 0 saturated heterocycles. The van der Waals surface area contributed by atoms with Crippen molar-refractivity contribution in [3.05, 3.63) is 253 Å². The lowest BCUT2D eigenvalue weighted by molar-refractivity contribution is 0.437. The second-order valence-electron chi connectivity index (χ2n) is 16.4. The Labute approximate surface area is 360 Å². The number of hydrogen-bond donors (Lipinski definition) is 0. The number of rotatable bonds is 5. The molecular formula is C59H38N2O. The molecule has 2 heterocycles. The molecule has 0 bridgehead atoms. The van der Waals surface area contributed by atoms with Gasteiger partial charge < -0.3 is 14.2 Å². The van der Waals surface area contributed by atoms with E-state index in [2.05, 4.69) is 240 Å². The molecule has 10 aromatic carbocycles. The van der Waals surface area contributed by atoms with Crippen LogP contribution in [0.15, 0.2) is 231 Å². The Kier molecular flexibility index (Phi) is 7.52. The fourth-order valence-electron chi connectivity index (χ4n) is 10.7. The molecule has 0 fully saturated rings. The van der Waals surface area contributed by atoms with Gasteiger partial charge in [-0.25, -0.2) is 0 Å². The summed E-state index contributed by atoms with van der Waals surface area (Å²) in [6, 6.07) is 84.0. The zero-order chi connectivity index (χ0) is 40.8. The van der Waals surface area contributed by atoms with Gasteiger partial charge in [-0.15, -0.1) is 0 Å². The maximum Gasteiger partial charge on any atom is 0.132 e. The van der Waals surface area contributed by atoms with E-state index in [1.54, 1.807) is 0 Å². The Balaban J connectivity index is 1.13. The van der Waals surface area contributed by atoms with Crippen LogP contribution in [0.25, 0.3) is 60.5 Å². The lowest BCUT2D eigenvalue weighted by Crippen LogP contribution is -2.33. The van der Waals surface area contributed by atoms with E-state index < -0.39 is 5.41 Å². The van der Waals surface area contributed by atoms with Crippen LogP contribution >= 0.6 is 0 Å². The molecule has 290 valence electrons. The number of para-hydroxylation sites is 3. The predicted octanol–water partition coefficient (Wildman–Crippen LogP) is 15.5. The molecule has 0 saturated carbocycles. The normalized spacial score (nSPS) is 14.6. The van der Waals surface area contributed by atoms with E-state index in [1.807, 2.05) is 0 Å². The van der Waals surface area contributed by atoms with Gasteiger partial charge in [0.1, 0.15) is 11.5 Å². The number of nitrogens with zero attached hydrogens (tertiary/aromatic N) is 2. The summed E-state index contributed by atoms with van der Waals surface area (Å²) in [5, 5.41) is 4.83. The smallest absolute Gasteiger partial charge is 0.132 e. The summed E-state index contributed by atoms with van der Waals surface area (Å²) >= 11 is 0. The van der Waals surface area contributed by atoms with Gasteiger partial charge >= 0.3 is 0 Å². The monoisotopic (exact) mass is 790 g/mol. The Bertz CT molecular complexity index is 3560. The Hall–Kier alpha value is -8.14. The molecule has 11 aromatic rings. The first-order valence-corrected chi connectivity index (χ1v) is 21.3. The summed E-state index contributed by atoms with van der Waals surface area (Å²) in [4.78, 5) is 2.47. The highest BCUT2D eigenvalue weighted by molar-refractivity contribution is 6.11. The average Bonchev–Trinajstić information content (AvgIpc) is 3.82. The summed E-state index contributed by atoms with van der Waals surface area (Å²) < 4.78 is 9.33. The summed E-state index contributed by atoms with van der Waals surface area (Å²) in [6.07, 6.45) is 0. The molecule has 1 atom stereocenters. The highest BCUT2D eigenvalue weighted by Gasteiger charge is 2.52. The molecule has 62 heavy (non-hydrogen) atoms. The average molecular weight is 791 g/mol. The second-order valence-corrected chi connectivity index (χ2v) is 16.4. The van der Waals surface area contributed by atoms with Gasteiger partial charge in [0.05, 0.1) is 22.1 Å². The maximum absolute atomic E-state index is 6.92. The number of ether oxygens (including phenoxy) is 1. The summed E-state index contributed by atoms with van der Waals surface area (Å²) in [6.45, 7) is 0. The summed E-state index contributed by atoms with van der Waals surface area (Å²) in [5.41, 5.74) is 15.7. The third-order valence-corrected chi connectivity index (χ3v) is 13.2. The molecule has 13 rings (SSSR count). The number of hydrogen-bond acceptors (Lipinski definition) is 2. The third kappa shape index (κ3) is 4.88. The molecule has 3 nitrogen and oxygen atoms in total. The molecular weight excluding hydrogens is 753 g/mol. The Morgan fingerprint density at radius 1 is 0.387 bits per heavy atom. The maximum atomic E-state index is 6.92. The SMILES string of the molecule is c1ccc(-c2cccc3c2C2(c4ccccc4O3)c3ccccc3-c3ccc(N(c4ccc5c6ccccc6n(-c6ccccc6)c5c4)c4cccc5ccccc45)cc32)cc1. The zero-order valence-corrected chi connectivity index (χ0v) is 33.7. The van der Waals surface area contributed by atoms with Crippen LogP contribution in [0, 0.1) is 0 Å². The van der Waals surface area contributed by atoms with Gasteiger partial charge in [-0.2, -0.15) is 0 Å². The van der Waals surface area contributed by atoms with Gasteiger partial charge in [0.15, 0.2) is 0 Å². The van der Waals surface area contributed by atoms with Crippen LogP contribution in [0.2, 0.25) is 0 Å². The number of fused-ring (bicyclic) bond motifs is 13. The minimum atomic E-state index is -0.674. The van der Waals surface area contributed by atoms with Crippen LogP contribution in [0.1, 0.15) is 22.3 Å². The molecule has 1 aliphatic heterocycles. The Morgan fingerprint density at radius 3 is 1.89 bits per heavy atom. The third-order valence-electron chi connectivity index (χ3n) is 13.2. The van der Waals surface area contributed by atoms with E-state index in [0.29, 0.717) is 0 Å². The quantitative estimate of drug-likeness (QED) is 0.173. The first-order valence-electron chi connectivity index (χ1n) is 21.3. The van der Waals surface area contributed by atoms with Crippen molar-refractivity contribution in [2.45, 2.75) is 5.41 Å². The first-order chi connectivity index (χ1) is 30.8. The van der Waals surface area contributed by atoms with Crippen LogP contribution in [0.3, 0.4) is 0 Å². The molecule has 0 amide bonds. The van der Waals surface area contributed by atoms with E-state index in [-0.39, 0.29) is 0 Å². The van der Waals surface area contributed by atoms with Crippen LogP contribution < -0.4 is 9.64 Å². The van der Waals surface area contributed by atoms with Crippen molar-refractivity contribution in [1.29, 1.82) is 0 Å². The molecule has 1 unspecified atom stereocenters. The summed E-state index contributed by atoms with van der Waals surface area (Å²) in [5.74, 6) is 1.76. The minimum absolute atomic E-state index is 0.674. The highest BCUT2D eigenvalue weighted by Crippen LogP contribution is 2.64. The van der Waals surface area contributed by atoms with Crippen molar-refractivity contribution in [2.24, 2.45) is 0 Å². The van der Waals surface area contributed by atoms with Crippen LogP contribution in [-0.4, -0.2) is 4.57 Å². The van der Waals surface area contributed by atoms with Crippen LogP contribution in [-0.2, 0) is 5.41 Å². The molecule has 0 N–H and O–H groups in total. The van der Waals surface area contributed by atoms with Gasteiger partial charge in [0.25, 0.3) is 0 Å². The number of aromatic nitrogens is 1. The predicted molar refractivity (Wildman–Crippen MR) is 256 cm³/mol.